The molecule has 0 aliphatic carbocycles. The second-order valence-corrected chi connectivity index (χ2v) is 6.23. The number of ether oxygens (including phenoxy) is 1. The highest BCUT2D eigenvalue weighted by molar-refractivity contribution is 5.80. The fraction of sp³-hybridized carbons (Fsp3) is 0.929. The van der Waals surface area contributed by atoms with Crippen molar-refractivity contribution in [2.75, 3.05) is 39.9 Å². The predicted octanol–water partition coefficient (Wildman–Crippen LogP) is 0.835. The van der Waals surface area contributed by atoms with E-state index in [1.165, 1.54) is 6.42 Å². The van der Waals surface area contributed by atoms with E-state index in [0.29, 0.717) is 12.0 Å². The number of nitrogens with one attached hydrogen (secondary N) is 1. The van der Waals surface area contributed by atoms with Gasteiger partial charge in [-0.2, -0.15) is 0 Å². The SMILES string of the molecule is CCC(C)(O)CNC(=NC)N1CCC2(CCOC2)C1. The van der Waals surface area contributed by atoms with Crippen molar-refractivity contribution in [1.82, 2.24) is 10.2 Å². The van der Waals surface area contributed by atoms with Crippen LogP contribution in [0, 0.1) is 5.41 Å². The maximum absolute atomic E-state index is 10.1. The minimum atomic E-state index is -0.677. The van der Waals surface area contributed by atoms with Gasteiger partial charge in [0.25, 0.3) is 0 Å². The molecule has 2 rings (SSSR count). The molecule has 2 aliphatic rings. The smallest absolute Gasteiger partial charge is 0.193 e. The second kappa shape index (κ2) is 5.67. The van der Waals surface area contributed by atoms with Gasteiger partial charge in [0.05, 0.1) is 12.2 Å². The van der Waals surface area contributed by atoms with Crippen LogP contribution in [0.5, 0.6) is 0 Å². The lowest BCUT2D eigenvalue weighted by Crippen LogP contribution is -2.47. The summed E-state index contributed by atoms with van der Waals surface area (Å²) in [5.74, 6) is 0.900. The average molecular weight is 269 g/mol. The molecule has 2 fully saturated rings. The molecule has 110 valence electrons. The van der Waals surface area contributed by atoms with Crippen LogP contribution in [0.15, 0.2) is 4.99 Å². The second-order valence-electron chi connectivity index (χ2n) is 6.23. The molecule has 0 aromatic carbocycles. The summed E-state index contributed by atoms with van der Waals surface area (Å²) in [6.45, 7) is 8.20. The minimum Gasteiger partial charge on any atom is -0.388 e. The Morgan fingerprint density at radius 2 is 2.32 bits per heavy atom. The van der Waals surface area contributed by atoms with Crippen molar-refractivity contribution in [2.24, 2.45) is 10.4 Å². The number of rotatable bonds is 3. The Kier molecular flexibility index (Phi) is 4.36. The largest absolute Gasteiger partial charge is 0.388 e. The molecule has 0 bridgehead atoms. The molecular weight excluding hydrogens is 242 g/mol. The highest BCUT2D eigenvalue weighted by Gasteiger charge is 2.42. The lowest BCUT2D eigenvalue weighted by molar-refractivity contribution is 0.0597. The standard InChI is InChI=1S/C14H27N3O2/c1-4-13(2,18)9-16-12(15-3)17-7-5-14(10-17)6-8-19-11-14/h18H,4-11H2,1-3H3,(H,15,16). The molecule has 5 heteroatoms. The summed E-state index contributed by atoms with van der Waals surface area (Å²) < 4.78 is 5.55. The van der Waals surface area contributed by atoms with E-state index in [1.807, 2.05) is 13.8 Å². The van der Waals surface area contributed by atoms with Crippen LogP contribution in [0.25, 0.3) is 0 Å². The molecule has 0 aromatic rings. The molecule has 0 aromatic heterocycles. The Bertz CT molecular complexity index is 336. The molecule has 0 amide bonds. The topological polar surface area (TPSA) is 57.1 Å². The van der Waals surface area contributed by atoms with Gasteiger partial charge in [0.1, 0.15) is 0 Å². The Balaban J connectivity index is 1.89. The van der Waals surface area contributed by atoms with Gasteiger partial charge in [0.15, 0.2) is 5.96 Å². The highest BCUT2D eigenvalue weighted by atomic mass is 16.5. The maximum atomic E-state index is 10.1. The number of hydrogen-bond donors (Lipinski definition) is 2. The van der Waals surface area contributed by atoms with Crippen LogP contribution in [0.1, 0.15) is 33.1 Å². The van der Waals surface area contributed by atoms with Gasteiger partial charge in [0.2, 0.25) is 0 Å². The molecule has 2 N–H and O–H groups in total. The quantitative estimate of drug-likeness (QED) is 0.589. The van der Waals surface area contributed by atoms with Crippen LogP contribution in [0.2, 0.25) is 0 Å². The maximum Gasteiger partial charge on any atom is 0.193 e. The van der Waals surface area contributed by atoms with Gasteiger partial charge in [-0.3, -0.25) is 4.99 Å². The molecule has 0 saturated carbocycles. The van der Waals surface area contributed by atoms with Crippen LogP contribution in [-0.2, 0) is 4.74 Å². The number of nitrogens with zero attached hydrogens (tertiary/aromatic N) is 2. The molecule has 2 atom stereocenters. The number of aliphatic hydroxyl groups is 1. The first-order valence-corrected chi connectivity index (χ1v) is 7.26. The molecule has 2 heterocycles. The Morgan fingerprint density at radius 3 is 2.89 bits per heavy atom. The van der Waals surface area contributed by atoms with Gasteiger partial charge < -0.3 is 20.1 Å². The Morgan fingerprint density at radius 1 is 1.53 bits per heavy atom. The number of hydrogen-bond acceptors (Lipinski definition) is 3. The van der Waals surface area contributed by atoms with Gasteiger partial charge in [0, 0.05) is 38.7 Å². The summed E-state index contributed by atoms with van der Waals surface area (Å²) in [5.41, 5.74) is -0.339. The fourth-order valence-electron chi connectivity index (χ4n) is 2.81. The van der Waals surface area contributed by atoms with E-state index in [9.17, 15) is 5.11 Å². The lowest BCUT2D eigenvalue weighted by atomic mass is 9.87. The zero-order chi connectivity index (χ0) is 13.9. The monoisotopic (exact) mass is 269 g/mol. The van der Waals surface area contributed by atoms with E-state index in [2.05, 4.69) is 15.2 Å². The zero-order valence-electron chi connectivity index (χ0n) is 12.4. The molecule has 2 aliphatic heterocycles. The van der Waals surface area contributed by atoms with E-state index >= 15 is 0 Å². The third-order valence-corrected chi connectivity index (χ3v) is 4.52. The first-order chi connectivity index (χ1) is 9.00. The summed E-state index contributed by atoms with van der Waals surface area (Å²) in [7, 11) is 1.80. The van der Waals surface area contributed by atoms with Gasteiger partial charge in [-0.25, -0.2) is 0 Å². The van der Waals surface area contributed by atoms with Crippen LogP contribution < -0.4 is 5.32 Å². The predicted molar refractivity (Wildman–Crippen MR) is 76.3 cm³/mol. The lowest BCUT2D eigenvalue weighted by Gasteiger charge is -2.28. The molecule has 1 spiro atoms. The van der Waals surface area contributed by atoms with E-state index in [4.69, 9.17) is 4.74 Å². The van der Waals surface area contributed by atoms with Gasteiger partial charge >= 0.3 is 0 Å². The van der Waals surface area contributed by atoms with Crippen molar-refractivity contribution in [2.45, 2.75) is 38.7 Å². The summed E-state index contributed by atoms with van der Waals surface area (Å²) in [5, 5.41) is 13.4. The third kappa shape index (κ3) is 3.39. The summed E-state index contributed by atoms with van der Waals surface area (Å²) in [4.78, 5) is 6.63. The molecule has 2 saturated heterocycles. The van der Waals surface area contributed by atoms with Crippen LogP contribution >= 0.6 is 0 Å². The fourth-order valence-corrected chi connectivity index (χ4v) is 2.81. The van der Waals surface area contributed by atoms with E-state index in [-0.39, 0.29) is 0 Å². The first-order valence-electron chi connectivity index (χ1n) is 7.26. The average Bonchev–Trinajstić information content (AvgIpc) is 3.02. The Hall–Kier alpha value is -0.810. The number of aliphatic imine (C=N–C) groups is 1. The van der Waals surface area contributed by atoms with Crippen LogP contribution in [0.4, 0.5) is 0 Å². The molecule has 5 nitrogen and oxygen atoms in total. The minimum absolute atomic E-state index is 0.338. The van der Waals surface area contributed by atoms with Gasteiger partial charge in [-0.1, -0.05) is 6.92 Å². The summed E-state index contributed by atoms with van der Waals surface area (Å²) in [6.07, 6.45) is 3.07. The summed E-state index contributed by atoms with van der Waals surface area (Å²) in [6, 6.07) is 0. The van der Waals surface area contributed by atoms with Crippen molar-refractivity contribution in [1.29, 1.82) is 0 Å². The van der Waals surface area contributed by atoms with Crippen molar-refractivity contribution in [3.8, 4) is 0 Å². The molecule has 2 unspecified atom stereocenters. The van der Waals surface area contributed by atoms with E-state index in [0.717, 1.165) is 45.1 Å². The van der Waals surface area contributed by atoms with Crippen molar-refractivity contribution in [3.63, 3.8) is 0 Å². The highest BCUT2D eigenvalue weighted by Crippen LogP contribution is 2.38. The van der Waals surface area contributed by atoms with Crippen molar-refractivity contribution >= 4 is 5.96 Å². The van der Waals surface area contributed by atoms with E-state index in [1.54, 1.807) is 7.05 Å². The normalized spacial score (nSPS) is 30.9. The van der Waals surface area contributed by atoms with Crippen molar-refractivity contribution < 1.29 is 9.84 Å². The first kappa shape index (κ1) is 14.6. The van der Waals surface area contributed by atoms with E-state index < -0.39 is 5.60 Å². The van der Waals surface area contributed by atoms with Gasteiger partial charge in [-0.15, -0.1) is 0 Å². The summed E-state index contributed by atoms with van der Waals surface area (Å²) >= 11 is 0. The Labute approximate surface area is 116 Å². The number of guanidine groups is 1. The van der Waals surface area contributed by atoms with Crippen LogP contribution in [-0.4, -0.2) is 61.5 Å². The molecule has 0 radical (unpaired) electrons. The molecule has 19 heavy (non-hydrogen) atoms. The molecular formula is C14H27N3O2. The van der Waals surface area contributed by atoms with Crippen molar-refractivity contribution in [3.05, 3.63) is 0 Å². The zero-order valence-corrected chi connectivity index (χ0v) is 12.4. The van der Waals surface area contributed by atoms with Gasteiger partial charge in [-0.05, 0) is 26.2 Å². The van der Waals surface area contributed by atoms with Crippen LogP contribution in [0.3, 0.4) is 0 Å². The number of likely N-dealkylation sites (tertiary alicyclic amines) is 1. The third-order valence-electron chi connectivity index (χ3n) is 4.52.